The van der Waals surface area contributed by atoms with Crippen molar-refractivity contribution in [2.75, 3.05) is 54.5 Å². The van der Waals surface area contributed by atoms with Gasteiger partial charge in [0.25, 0.3) is 7.82 Å². The third kappa shape index (κ3) is 10.3. The predicted molar refractivity (Wildman–Crippen MR) is 56.3 cm³/mol. The van der Waals surface area contributed by atoms with E-state index in [1.54, 1.807) is 7.05 Å². The second-order valence-corrected chi connectivity index (χ2v) is 5.64. The van der Waals surface area contributed by atoms with Crippen molar-refractivity contribution in [3.8, 4) is 0 Å². The van der Waals surface area contributed by atoms with E-state index in [0.717, 1.165) is 0 Å². The SMILES string of the molecule is CNCCOP(=O)([O-])OCC[N+](C)(C)C. The Bertz CT molecular complexity index is 217. The summed E-state index contributed by atoms with van der Waals surface area (Å²) in [5, 5.41) is 2.78. The first kappa shape index (κ1) is 15.0. The minimum absolute atomic E-state index is 0.0989. The van der Waals surface area contributed by atoms with Gasteiger partial charge in [0.1, 0.15) is 13.2 Å². The molecular formula is C8H21N2O4P. The highest BCUT2D eigenvalue weighted by Gasteiger charge is 2.12. The number of hydrogen-bond donors (Lipinski definition) is 1. The summed E-state index contributed by atoms with van der Waals surface area (Å²) in [7, 11) is 3.49. The fourth-order valence-corrected chi connectivity index (χ4v) is 1.42. The first-order chi connectivity index (χ1) is 6.77. The molecule has 7 heteroatoms. The van der Waals surface area contributed by atoms with Crippen molar-refractivity contribution < 1.29 is 23.0 Å². The lowest BCUT2D eigenvalue weighted by Crippen LogP contribution is -2.37. The number of phosphoric ester groups is 1. The molecule has 0 spiro atoms. The highest BCUT2D eigenvalue weighted by atomic mass is 31.2. The van der Waals surface area contributed by atoms with Crippen LogP contribution in [0.15, 0.2) is 0 Å². The maximum atomic E-state index is 11.1. The van der Waals surface area contributed by atoms with Crippen LogP contribution in [0.2, 0.25) is 0 Å². The van der Waals surface area contributed by atoms with Crippen molar-refractivity contribution in [1.82, 2.24) is 5.32 Å². The fraction of sp³-hybridized carbons (Fsp3) is 1.00. The predicted octanol–water partition coefficient (Wildman–Crippen LogP) is -0.586. The molecule has 0 saturated carbocycles. The molecule has 0 aliphatic heterocycles. The summed E-state index contributed by atoms with van der Waals surface area (Å²) < 4.78 is 21.1. The lowest BCUT2D eigenvalue weighted by atomic mass is 10.5. The summed E-state index contributed by atoms with van der Waals surface area (Å²) in [4.78, 5) is 11.1. The van der Waals surface area contributed by atoms with Gasteiger partial charge in [-0.2, -0.15) is 0 Å². The summed E-state index contributed by atoms with van der Waals surface area (Å²) in [6.45, 7) is 1.33. The van der Waals surface area contributed by atoms with Gasteiger partial charge >= 0.3 is 0 Å². The first-order valence-electron chi connectivity index (χ1n) is 4.82. The Morgan fingerprint density at radius 2 is 1.80 bits per heavy atom. The van der Waals surface area contributed by atoms with E-state index in [1.165, 1.54) is 0 Å². The molecule has 0 aliphatic rings. The fourth-order valence-electron chi connectivity index (χ4n) is 0.723. The molecule has 0 saturated heterocycles. The summed E-state index contributed by atoms with van der Waals surface area (Å²) in [5.41, 5.74) is 0. The van der Waals surface area contributed by atoms with Crippen LogP contribution in [0, 0.1) is 0 Å². The van der Waals surface area contributed by atoms with Crippen LogP contribution < -0.4 is 10.2 Å². The minimum Gasteiger partial charge on any atom is -0.756 e. The summed E-state index contributed by atoms with van der Waals surface area (Å²) >= 11 is 0. The van der Waals surface area contributed by atoms with Crippen LogP contribution in [0.3, 0.4) is 0 Å². The molecule has 0 bridgehead atoms. The molecule has 0 rings (SSSR count). The van der Waals surface area contributed by atoms with Crippen molar-refractivity contribution in [1.29, 1.82) is 0 Å². The van der Waals surface area contributed by atoms with E-state index in [1.807, 2.05) is 21.1 Å². The molecular weight excluding hydrogens is 219 g/mol. The molecule has 0 aliphatic carbocycles. The van der Waals surface area contributed by atoms with Crippen LogP contribution in [0.4, 0.5) is 0 Å². The topological polar surface area (TPSA) is 70.6 Å². The number of rotatable bonds is 8. The van der Waals surface area contributed by atoms with E-state index in [9.17, 15) is 9.46 Å². The quantitative estimate of drug-likeness (QED) is 0.349. The van der Waals surface area contributed by atoms with Crippen LogP contribution in [-0.2, 0) is 13.6 Å². The van der Waals surface area contributed by atoms with Crippen molar-refractivity contribution >= 4 is 7.82 Å². The Balaban J connectivity index is 3.69. The first-order valence-corrected chi connectivity index (χ1v) is 6.28. The van der Waals surface area contributed by atoms with Gasteiger partial charge in [-0.25, -0.2) is 0 Å². The molecule has 1 unspecified atom stereocenters. The van der Waals surface area contributed by atoms with E-state index in [2.05, 4.69) is 14.4 Å². The smallest absolute Gasteiger partial charge is 0.268 e. The van der Waals surface area contributed by atoms with Crippen molar-refractivity contribution in [2.45, 2.75) is 0 Å². The van der Waals surface area contributed by atoms with Gasteiger partial charge in [-0.3, -0.25) is 4.57 Å². The number of phosphoric acid groups is 1. The van der Waals surface area contributed by atoms with Gasteiger partial charge < -0.3 is 23.7 Å². The van der Waals surface area contributed by atoms with Gasteiger partial charge in [0.2, 0.25) is 0 Å². The summed E-state index contributed by atoms with van der Waals surface area (Å²) in [5.74, 6) is 0. The van der Waals surface area contributed by atoms with Crippen LogP contribution in [0.1, 0.15) is 0 Å². The Morgan fingerprint density at radius 3 is 2.27 bits per heavy atom. The Hall–Kier alpha value is 0.0300. The molecule has 0 aromatic carbocycles. The Labute approximate surface area is 91.4 Å². The zero-order chi connectivity index (χ0) is 11.9. The lowest BCUT2D eigenvalue weighted by Gasteiger charge is -2.27. The normalized spacial score (nSPS) is 16.3. The zero-order valence-electron chi connectivity index (χ0n) is 9.86. The summed E-state index contributed by atoms with van der Waals surface area (Å²) in [6, 6.07) is 0. The molecule has 0 aromatic rings. The standard InChI is InChI=1S/C8H21N2O4P/c1-9-5-7-13-15(11,12)14-8-6-10(2,3)4/h9H,5-8H2,1-4H3. The van der Waals surface area contributed by atoms with Crippen LogP contribution in [-0.4, -0.2) is 59.0 Å². The number of quaternary nitrogens is 1. The molecule has 0 heterocycles. The second-order valence-electron chi connectivity index (χ2n) is 4.23. The molecule has 15 heavy (non-hydrogen) atoms. The molecule has 0 fully saturated rings. The molecule has 1 N–H and O–H groups in total. The largest absolute Gasteiger partial charge is 0.756 e. The van der Waals surface area contributed by atoms with Crippen LogP contribution >= 0.6 is 7.82 Å². The van der Waals surface area contributed by atoms with Gasteiger partial charge in [-0.15, -0.1) is 0 Å². The number of likely N-dealkylation sites (N-methyl/N-ethyl adjacent to an activating group) is 2. The monoisotopic (exact) mass is 240 g/mol. The van der Waals surface area contributed by atoms with Gasteiger partial charge in [0.05, 0.1) is 27.7 Å². The Morgan fingerprint density at radius 1 is 1.27 bits per heavy atom. The molecule has 0 radical (unpaired) electrons. The van der Waals surface area contributed by atoms with Crippen molar-refractivity contribution in [3.05, 3.63) is 0 Å². The zero-order valence-corrected chi connectivity index (χ0v) is 10.8. The van der Waals surface area contributed by atoms with Gasteiger partial charge in [-0.1, -0.05) is 0 Å². The van der Waals surface area contributed by atoms with E-state index >= 15 is 0 Å². The van der Waals surface area contributed by atoms with Gasteiger partial charge in [0.15, 0.2) is 0 Å². The van der Waals surface area contributed by atoms with Gasteiger partial charge in [-0.05, 0) is 7.05 Å². The summed E-state index contributed by atoms with van der Waals surface area (Å²) in [6.07, 6.45) is 0. The van der Waals surface area contributed by atoms with Crippen LogP contribution in [0.25, 0.3) is 0 Å². The molecule has 92 valence electrons. The van der Waals surface area contributed by atoms with E-state index in [-0.39, 0.29) is 13.2 Å². The molecule has 6 nitrogen and oxygen atoms in total. The molecule has 0 aromatic heterocycles. The minimum atomic E-state index is -4.11. The van der Waals surface area contributed by atoms with Gasteiger partial charge in [0, 0.05) is 6.54 Å². The average Bonchev–Trinajstić information content (AvgIpc) is 2.01. The maximum Gasteiger partial charge on any atom is 0.268 e. The highest BCUT2D eigenvalue weighted by Crippen LogP contribution is 2.37. The Kier molecular flexibility index (Phi) is 6.59. The van der Waals surface area contributed by atoms with E-state index in [4.69, 9.17) is 0 Å². The maximum absolute atomic E-state index is 11.1. The van der Waals surface area contributed by atoms with E-state index in [0.29, 0.717) is 17.6 Å². The molecule has 1 atom stereocenters. The van der Waals surface area contributed by atoms with Crippen molar-refractivity contribution in [3.63, 3.8) is 0 Å². The van der Waals surface area contributed by atoms with Crippen molar-refractivity contribution in [2.24, 2.45) is 0 Å². The number of nitrogens with zero attached hydrogens (tertiary/aromatic N) is 1. The third-order valence-electron chi connectivity index (χ3n) is 1.61. The lowest BCUT2D eigenvalue weighted by molar-refractivity contribution is -0.870. The number of nitrogens with one attached hydrogen (secondary N) is 1. The molecule has 0 amide bonds. The average molecular weight is 240 g/mol. The highest BCUT2D eigenvalue weighted by molar-refractivity contribution is 7.45. The third-order valence-corrected chi connectivity index (χ3v) is 2.61. The number of hydrogen-bond acceptors (Lipinski definition) is 5. The van der Waals surface area contributed by atoms with Crippen LogP contribution in [0.5, 0.6) is 0 Å². The second kappa shape index (κ2) is 6.58. The van der Waals surface area contributed by atoms with E-state index < -0.39 is 7.82 Å².